The molecular formula is C24H24O3. The van der Waals surface area contributed by atoms with Crippen LogP contribution in [0.5, 0.6) is 11.5 Å². The Kier molecular flexibility index (Phi) is 6.66. The Labute approximate surface area is 160 Å². The van der Waals surface area contributed by atoms with Crippen molar-refractivity contribution in [1.82, 2.24) is 0 Å². The van der Waals surface area contributed by atoms with Gasteiger partial charge in [0.15, 0.2) is 0 Å². The van der Waals surface area contributed by atoms with Crippen LogP contribution in [0, 0.1) is 0 Å². The van der Waals surface area contributed by atoms with E-state index in [9.17, 15) is 5.11 Å². The SMILES string of the molecule is CC(O)/C=C/c1ccc(OCc2ccccc2)cc1OCc1ccccc1. The Morgan fingerprint density at radius 3 is 2.00 bits per heavy atom. The molecule has 0 saturated carbocycles. The van der Waals surface area contributed by atoms with Crippen LogP contribution < -0.4 is 9.47 Å². The van der Waals surface area contributed by atoms with Gasteiger partial charge in [0.1, 0.15) is 24.7 Å². The number of hydrogen-bond acceptors (Lipinski definition) is 3. The van der Waals surface area contributed by atoms with Gasteiger partial charge in [0.05, 0.1) is 6.10 Å². The molecule has 0 spiro atoms. The van der Waals surface area contributed by atoms with Crippen molar-refractivity contribution < 1.29 is 14.6 Å². The highest BCUT2D eigenvalue weighted by Gasteiger charge is 2.06. The summed E-state index contributed by atoms with van der Waals surface area (Å²) in [6, 6.07) is 25.8. The summed E-state index contributed by atoms with van der Waals surface area (Å²) < 4.78 is 11.9. The summed E-state index contributed by atoms with van der Waals surface area (Å²) in [5.74, 6) is 1.47. The second kappa shape index (κ2) is 9.60. The predicted molar refractivity (Wildman–Crippen MR) is 109 cm³/mol. The maximum absolute atomic E-state index is 9.53. The third-order valence-electron chi connectivity index (χ3n) is 4.02. The van der Waals surface area contributed by atoms with Crippen molar-refractivity contribution in [2.75, 3.05) is 0 Å². The third-order valence-corrected chi connectivity index (χ3v) is 4.02. The van der Waals surface area contributed by atoms with Crippen LogP contribution in [0.15, 0.2) is 84.9 Å². The van der Waals surface area contributed by atoms with Crippen LogP contribution in [0.2, 0.25) is 0 Å². The molecule has 0 heterocycles. The highest BCUT2D eigenvalue weighted by molar-refractivity contribution is 5.59. The molecule has 3 heteroatoms. The predicted octanol–water partition coefficient (Wildman–Crippen LogP) is 5.24. The molecule has 3 rings (SSSR count). The normalized spacial score (nSPS) is 12.1. The van der Waals surface area contributed by atoms with E-state index in [2.05, 4.69) is 0 Å². The van der Waals surface area contributed by atoms with Crippen LogP contribution in [0.1, 0.15) is 23.6 Å². The molecule has 0 radical (unpaired) electrons. The Balaban J connectivity index is 1.75. The van der Waals surface area contributed by atoms with Gasteiger partial charge >= 0.3 is 0 Å². The quantitative estimate of drug-likeness (QED) is 0.597. The molecule has 0 aliphatic heterocycles. The zero-order valence-corrected chi connectivity index (χ0v) is 15.4. The minimum absolute atomic E-state index is 0.471. The highest BCUT2D eigenvalue weighted by atomic mass is 16.5. The van der Waals surface area contributed by atoms with Crippen LogP contribution in [-0.4, -0.2) is 11.2 Å². The van der Waals surface area contributed by atoms with E-state index in [1.807, 2.05) is 84.9 Å². The third kappa shape index (κ3) is 6.01. The summed E-state index contributed by atoms with van der Waals surface area (Å²) in [5.41, 5.74) is 3.11. The van der Waals surface area contributed by atoms with Gasteiger partial charge < -0.3 is 14.6 Å². The molecule has 0 bridgehead atoms. The van der Waals surface area contributed by atoms with Crippen molar-refractivity contribution in [2.24, 2.45) is 0 Å². The van der Waals surface area contributed by atoms with Gasteiger partial charge in [-0.15, -0.1) is 0 Å². The zero-order chi connectivity index (χ0) is 18.9. The van der Waals surface area contributed by atoms with Crippen LogP contribution >= 0.6 is 0 Å². The van der Waals surface area contributed by atoms with Gasteiger partial charge in [-0.2, -0.15) is 0 Å². The first-order chi connectivity index (χ1) is 13.2. The van der Waals surface area contributed by atoms with Crippen molar-refractivity contribution in [3.05, 3.63) is 102 Å². The Morgan fingerprint density at radius 1 is 0.815 bits per heavy atom. The maximum atomic E-state index is 9.53. The van der Waals surface area contributed by atoms with Crippen LogP contribution in [0.25, 0.3) is 6.08 Å². The maximum Gasteiger partial charge on any atom is 0.130 e. The Morgan fingerprint density at radius 2 is 1.41 bits per heavy atom. The second-order valence-corrected chi connectivity index (χ2v) is 6.35. The fourth-order valence-electron chi connectivity index (χ4n) is 2.59. The average molecular weight is 360 g/mol. The summed E-state index contributed by atoms with van der Waals surface area (Å²) in [7, 11) is 0. The molecule has 0 aliphatic carbocycles. The second-order valence-electron chi connectivity index (χ2n) is 6.35. The Hall–Kier alpha value is -3.04. The molecule has 3 aromatic carbocycles. The highest BCUT2D eigenvalue weighted by Crippen LogP contribution is 2.28. The van der Waals surface area contributed by atoms with Crippen molar-refractivity contribution in [3.8, 4) is 11.5 Å². The standard InChI is InChI=1S/C24H24O3/c1-19(25)12-13-22-14-15-23(26-17-20-8-4-2-5-9-20)16-24(22)27-18-21-10-6-3-7-11-21/h2-16,19,25H,17-18H2,1H3/b13-12+. The minimum atomic E-state index is -0.513. The molecule has 3 nitrogen and oxygen atoms in total. The number of aliphatic hydroxyl groups excluding tert-OH is 1. The van der Waals surface area contributed by atoms with Gasteiger partial charge in [0, 0.05) is 11.6 Å². The molecule has 0 aromatic heterocycles. The lowest BCUT2D eigenvalue weighted by Gasteiger charge is -2.13. The summed E-state index contributed by atoms with van der Waals surface area (Å²) in [5, 5.41) is 9.53. The van der Waals surface area contributed by atoms with E-state index >= 15 is 0 Å². The number of benzene rings is 3. The molecule has 1 N–H and O–H groups in total. The van der Waals surface area contributed by atoms with E-state index < -0.39 is 6.10 Å². The van der Waals surface area contributed by atoms with Gasteiger partial charge in [-0.05, 0) is 30.2 Å². The fourth-order valence-corrected chi connectivity index (χ4v) is 2.59. The molecule has 138 valence electrons. The van der Waals surface area contributed by atoms with Crippen LogP contribution in [-0.2, 0) is 13.2 Å². The van der Waals surface area contributed by atoms with Gasteiger partial charge in [-0.3, -0.25) is 0 Å². The molecule has 0 saturated heterocycles. The molecule has 1 atom stereocenters. The summed E-state index contributed by atoms with van der Waals surface area (Å²) in [4.78, 5) is 0. The minimum Gasteiger partial charge on any atom is -0.489 e. The lowest BCUT2D eigenvalue weighted by Crippen LogP contribution is -1.99. The number of hydrogen-bond donors (Lipinski definition) is 1. The molecular weight excluding hydrogens is 336 g/mol. The van der Waals surface area contributed by atoms with Crippen LogP contribution in [0.3, 0.4) is 0 Å². The fraction of sp³-hybridized carbons (Fsp3) is 0.167. The monoisotopic (exact) mass is 360 g/mol. The first-order valence-electron chi connectivity index (χ1n) is 9.04. The first-order valence-corrected chi connectivity index (χ1v) is 9.04. The molecule has 0 amide bonds. The molecule has 0 fully saturated rings. The number of ether oxygens (including phenoxy) is 2. The van der Waals surface area contributed by atoms with E-state index in [1.165, 1.54) is 0 Å². The number of rotatable bonds is 8. The zero-order valence-electron chi connectivity index (χ0n) is 15.4. The first kappa shape index (κ1) is 18.7. The lowest BCUT2D eigenvalue weighted by molar-refractivity contribution is 0.245. The van der Waals surface area contributed by atoms with Gasteiger partial charge in [-0.25, -0.2) is 0 Å². The Bertz CT molecular complexity index is 855. The summed E-state index contributed by atoms with van der Waals surface area (Å²) in [6.45, 7) is 2.69. The largest absolute Gasteiger partial charge is 0.489 e. The van der Waals surface area contributed by atoms with Gasteiger partial charge in [0.2, 0.25) is 0 Å². The van der Waals surface area contributed by atoms with Gasteiger partial charge in [-0.1, -0.05) is 72.8 Å². The van der Waals surface area contributed by atoms with E-state index in [4.69, 9.17) is 9.47 Å². The molecule has 3 aromatic rings. The van der Waals surface area contributed by atoms with E-state index in [-0.39, 0.29) is 0 Å². The lowest BCUT2D eigenvalue weighted by atomic mass is 10.1. The number of aliphatic hydroxyl groups is 1. The van der Waals surface area contributed by atoms with E-state index in [0.717, 1.165) is 28.2 Å². The summed E-state index contributed by atoms with van der Waals surface area (Å²) in [6.07, 6.45) is 3.09. The molecule has 1 unspecified atom stereocenters. The van der Waals surface area contributed by atoms with Crippen molar-refractivity contribution in [3.63, 3.8) is 0 Å². The topological polar surface area (TPSA) is 38.7 Å². The van der Waals surface area contributed by atoms with Crippen molar-refractivity contribution in [1.29, 1.82) is 0 Å². The van der Waals surface area contributed by atoms with Crippen molar-refractivity contribution >= 4 is 6.08 Å². The molecule has 27 heavy (non-hydrogen) atoms. The van der Waals surface area contributed by atoms with E-state index in [1.54, 1.807) is 13.0 Å². The van der Waals surface area contributed by atoms with Gasteiger partial charge in [0.25, 0.3) is 0 Å². The van der Waals surface area contributed by atoms with Crippen LogP contribution in [0.4, 0.5) is 0 Å². The molecule has 0 aliphatic rings. The average Bonchev–Trinajstić information content (AvgIpc) is 2.71. The van der Waals surface area contributed by atoms with E-state index in [0.29, 0.717) is 13.2 Å². The summed E-state index contributed by atoms with van der Waals surface area (Å²) >= 11 is 0. The smallest absolute Gasteiger partial charge is 0.130 e. The van der Waals surface area contributed by atoms with Crippen molar-refractivity contribution in [2.45, 2.75) is 26.2 Å².